The molecule has 0 bridgehead atoms. The molecule has 0 unspecified atom stereocenters. The Morgan fingerprint density at radius 2 is 1.34 bits per heavy atom. The lowest BCUT2D eigenvalue weighted by Crippen LogP contribution is -2.19. The molecule has 2 aromatic rings. The first-order valence-corrected chi connectivity index (χ1v) is 11.8. The van der Waals surface area contributed by atoms with E-state index in [1.807, 2.05) is 30.3 Å². The van der Waals surface area contributed by atoms with Gasteiger partial charge in [-0.1, -0.05) is 87.2 Å². The van der Waals surface area contributed by atoms with Gasteiger partial charge < -0.3 is 0 Å². The van der Waals surface area contributed by atoms with Crippen molar-refractivity contribution in [3.63, 3.8) is 0 Å². The minimum Gasteiger partial charge on any atom is -0.294 e. The first-order valence-electron chi connectivity index (χ1n) is 11.8. The summed E-state index contributed by atoms with van der Waals surface area (Å²) >= 11 is 0. The Morgan fingerprint density at radius 3 is 1.97 bits per heavy atom. The fourth-order valence-corrected chi connectivity index (χ4v) is 5.59. The summed E-state index contributed by atoms with van der Waals surface area (Å²) < 4.78 is 0. The molecule has 2 aliphatic rings. The number of hydrogen-bond acceptors (Lipinski definition) is 1. The SMILES string of the molecule is CC1CCC(CC2CCC(c3ccc(C(=O)Cc4ccccc4)cc3)CC2)CC1. The molecule has 0 aliphatic heterocycles. The maximum Gasteiger partial charge on any atom is 0.167 e. The summed E-state index contributed by atoms with van der Waals surface area (Å²) in [7, 11) is 0. The van der Waals surface area contributed by atoms with Crippen LogP contribution in [0, 0.1) is 17.8 Å². The number of hydrogen-bond donors (Lipinski definition) is 0. The molecule has 29 heavy (non-hydrogen) atoms. The van der Waals surface area contributed by atoms with Crippen LogP contribution in [0.25, 0.3) is 0 Å². The Bertz CT molecular complexity index is 760. The maximum absolute atomic E-state index is 12.6. The predicted octanol–water partition coefficient (Wildman–Crippen LogP) is 7.60. The third-order valence-corrected chi connectivity index (χ3v) is 7.56. The van der Waals surface area contributed by atoms with Crippen LogP contribution in [-0.4, -0.2) is 5.78 Å². The van der Waals surface area contributed by atoms with Crippen LogP contribution in [0.3, 0.4) is 0 Å². The summed E-state index contributed by atoms with van der Waals surface area (Å²) in [5, 5.41) is 0. The van der Waals surface area contributed by atoms with E-state index in [4.69, 9.17) is 0 Å². The Hall–Kier alpha value is -1.89. The molecule has 0 saturated heterocycles. The zero-order valence-electron chi connectivity index (χ0n) is 18.0. The van der Waals surface area contributed by atoms with Gasteiger partial charge in [-0.15, -0.1) is 0 Å². The molecule has 1 heteroatoms. The number of carbonyl (C=O) groups is 1. The van der Waals surface area contributed by atoms with Gasteiger partial charge in [0, 0.05) is 12.0 Å². The molecule has 4 rings (SSSR count). The largest absolute Gasteiger partial charge is 0.294 e. The monoisotopic (exact) mass is 388 g/mol. The molecule has 1 nitrogen and oxygen atoms in total. The van der Waals surface area contributed by atoms with Gasteiger partial charge in [0.1, 0.15) is 0 Å². The quantitative estimate of drug-likeness (QED) is 0.466. The maximum atomic E-state index is 12.6. The molecule has 2 fully saturated rings. The van der Waals surface area contributed by atoms with E-state index in [2.05, 4.69) is 31.2 Å². The normalized spacial score (nSPS) is 27.5. The van der Waals surface area contributed by atoms with Gasteiger partial charge in [-0.3, -0.25) is 4.79 Å². The molecule has 0 N–H and O–H groups in total. The molecule has 0 radical (unpaired) electrons. The van der Waals surface area contributed by atoms with E-state index in [0.29, 0.717) is 12.3 Å². The third kappa shape index (κ3) is 5.59. The van der Waals surface area contributed by atoms with Crippen molar-refractivity contribution >= 4 is 5.78 Å². The van der Waals surface area contributed by atoms with Crippen molar-refractivity contribution in [2.45, 2.75) is 77.0 Å². The average Bonchev–Trinajstić information content (AvgIpc) is 2.77. The number of carbonyl (C=O) groups excluding carboxylic acids is 1. The Kier molecular flexibility index (Phi) is 6.85. The predicted molar refractivity (Wildman–Crippen MR) is 121 cm³/mol. The second-order valence-electron chi connectivity index (χ2n) is 9.79. The molecule has 0 heterocycles. The van der Waals surface area contributed by atoms with E-state index in [0.717, 1.165) is 28.9 Å². The van der Waals surface area contributed by atoms with E-state index in [-0.39, 0.29) is 5.78 Å². The lowest BCUT2D eigenvalue weighted by atomic mass is 9.72. The summed E-state index contributed by atoms with van der Waals surface area (Å²) in [6.45, 7) is 2.42. The zero-order chi connectivity index (χ0) is 20.1. The highest BCUT2D eigenvalue weighted by Crippen LogP contribution is 2.41. The van der Waals surface area contributed by atoms with Crippen LogP contribution in [0.15, 0.2) is 54.6 Å². The second-order valence-corrected chi connectivity index (χ2v) is 9.79. The Balaban J connectivity index is 1.26. The highest BCUT2D eigenvalue weighted by molar-refractivity contribution is 5.97. The first-order chi connectivity index (χ1) is 14.2. The molecule has 2 saturated carbocycles. The first kappa shape index (κ1) is 20.4. The van der Waals surface area contributed by atoms with Gasteiger partial charge in [0.2, 0.25) is 0 Å². The molecule has 0 spiro atoms. The fraction of sp³-hybridized carbons (Fsp3) is 0.536. The molecule has 0 atom stereocenters. The molecular weight excluding hydrogens is 352 g/mol. The van der Waals surface area contributed by atoms with Gasteiger partial charge in [0.25, 0.3) is 0 Å². The number of Topliss-reactive ketones (excluding diaryl/α,β-unsaturated/α-hetero) is 1. The van der Waals surface area contributed by atoms with E-state index in [9.17, 15) is 4.79 Å². The second kappa shape index (κ2) is 9.74. The topological polar surface area (TPSA) is 17.1 Å². The van der Waals surface area contributed by atoms with Crippen molar-refractivity contribution in [1.29, 1.82) is 0 Å². The highest BCUT2D eigenvalue weighted by atomic mass is 16.1. The van der Waals surface area contributed by atoms with Crippen LogP contribution in [0.5, 0.6) is 0 Å². The van der Waals surface area contributed by atoms with E-state index in [1.165, 1.54) is 63.4 Å². The molecule has 2 aromatic carbocycles. The standard InChI is InChI=1S/C28H36O/c1-21-7-9-23(10-8-21)19-24-11-13-25(14-12-24)26-15-17-27(18-16-26)28(29)20-22-5-3-2-4-6-22/h2-6,15-18,21,23-25H,7-14,19-20H2,1H3. The van der Waals surface area contributed by atoms with E-state index in [1.54, 1.807) is 0 Å². The van der Waals surface area contributed by atoms with E-state index >= 15 is 0 Å². The van der Waals surface area contributed by atoms with Crippen LogP contribution in [0.2, 0.25) is 0 Å². The summed E-state index contributed by atoms with van der Waals surface area (Å²) in [6.07, 6.45) is 13.3. The van der Waals surface area contributed by atoms with Gasteiger partial charge in [-0.2, -0.15) is 0 Å². The number of rotatable bonds is 6. The minimum absolute atomic E-state index is 0.216. The van der Waals surface area contributed by atoms with Gasteiger partial charge in [0.05, 0.1) is 0 Å². The molecule has 154 valence electrons. The van der Waals surface area contributed by atoms with Crippen molar-refractivity contribution in [3.05, 3.63) is 71.3 Å². The van der Waals surface area contributed by atoms with E-state index < -0.39 is 0 Å². The van der Waals surface area contributed by atoms with Crippen molar-refractivity contribution in [1.82, 2.24) is 0 Å². The molecular formula is C28H36O. The smallest absolute Gasteiger partial charge is 0.167 e. The third-order valence-electron chi connectivity index (χ3n) is 7.56. The van der Waals surface area contributed by atoms with Gasteiger partial charge in [-0.25, -0.2) is 0 Å². The highest BCUT2D eigenvalue weighted by Gasteiger charge is 2.26. The van der Waals surface area contributed by atoms with Crippen LogP contribution in [-0.2, 0) is 6.42 Å². The zero-order valence-corrected chi connectivity index (χ0v) is 18.0. The van der Waals surface area contributed by atoms with Crippen molar-refractivity contribution in [2.24, 2.45) is 17.8 Å². The van der Waals surface area contributed by atoms with Crippen LogP contribution >= 0.6 is 0 Å². The Labute approximate surface area is 176 Å². The lowest BCUT2D eigenvalue weighted by Gasteiger charge is -2.33. The van der Waals surface area contributed by atoms with Crippen molar-refractivity contribution in [3.8, 4) is 0 Å². The van der Waals surface area contributed by atoms with Crippen LogP contribution in [0.4, 0.5) is 0 Å². The number of ketones is 1. The van der Waals surface area contributed by atoms with Gasteiger partial charge in [0.15, 0.2) is 5.78 Å². The number of benzene rings is 2. The summed E-state index contributed by atoms with van der Waals surface area (Å²) in [4.78, 5) is 12.6. The molecule has 2 aliphatic carbocycles. The summed E-state index contributed by atoms with van der Waals surface area (Å²) in [5.41, 5.74) is 3.37. The van der Waals surface area contributed by atoms with Crippen molar-refractivity contribution in [2.75, 3.05) is 0 Å². The van der Waals surface area contributed by atoms with Crippen molar-refractivity contribution < 1.29 is 4.79 Å². The molecule has 0 aromatic heterocycles. The van der Waals surface area contributed by atoms with Crippen LogP contribution < -0.4 is 0 Å². The van der Waals surface area contributed by atoms with Gasteiger partial charge in [-0.05, 0) is 66.9 Å². The fourth-order valence-electron chi connectivity index (χ4n) is 5.59. The summed E-state index contributed by atoms with van der Waals surface area (Å²) in [5.74, 6) is 3.83. The van der Waals surface area contributed by atoms with Gasteiger partial charge >= 0.3 is 0 Å². The summed E-state index contributed by atoms with van der Waals surface area (Å²) in [6, 6.07) is 18.6. The minimum atomic E-state index is 0.216. The molecule has 0 amide bonds. The average molecular weight is 389 g/mol. The lowest BCUT2D eigenvalue weighted by molar-refractivity contribution is 0.0993. The Morgan fingerprint density at radius 1 is 0.759 bits per heavy atom. The van der Waals surface area contributed by atoms with Crippen LogP contribution in [0.1, 0.15) is 92.1 Å².